The minimum absolute atomic E-state index is 0.0967. The number of halogens is 2. The van der Waals surface area contributed by atoms with Gasteiger partial charge in [-0.15, -0.1) is 11.3 Å². The summed E-state index contributed by atoms with van der Waals surface area (Å²) in [5.41, 5.74) is 0. The lowest BCUT2D eigenvalue weighted by atomic mass is 9.97. The molecule has 0 bridgehead atoms. The molecule has 0 atom stereocenters. The number of benzene rings is 1. The van der Waals surface area contributed by atoms with E-state index in [-0.39, 0.29) is 24.9 Å². The van der Waals surface area contributed by atoms with E-state index >= 15 is 0 Å². The average molecular weight is 414 g/mol. The van der Waals surface area contributed by atoms with E-state index in [9.17, 15) is 22.0 Å². The Balaban J connectivity index is 1.54. The predicted molar refractivity (Wildman–Crippen MR) is 98.9 cm³/mol. The normalized spacial score (nSPS) is 16.4. The van der Waals surface area contributed by atoms with Crippen molar-refractivity contribution < 1.29 is 22.0 Å². The molecule has 0 saturated carbocycles. The van der Waals surface area contributed by atoms with Crippen LogP contribution in [0.5, 0.6) is 0 Å². The molecule has 1 aliphatic rings. The Bertz CT molecular complexity index is 893. The summed E-state index contributed by atoms with van der Waals surface area (Å²) in [6, 6.07) is 6.33. The highest BCUT2D eigenvalue weighted by Gasteiger charge is 2.33. The number of sulfonamides is 1. The van der Waals surface area contributed by atoms with E-state index in [0.717, 1.165) is 22.9 Å². The zero-order valence-corrected chi connectivity index (χ0v) is 16.2. The molecular weight excluding hydrogens is 394 g/mol. The van der Waals surface area contributed by atoms with Gasteiger partial charge in [0.25, 0.3) is 0 Å². The van der Waals surface area contributed by atoms with Gasteiger partial charge in [-0.25, -0.2) is 17.2 Å². The summed E-state index contributed by atoms with van der Waals surface area (Å²) in [7, 11) is -4.12. The number of amides is 1. The van der Waals surface area contributed by atoms with Gasteiger partial charge in [0.1, 0.15) is 16.5 Å². The Morgan fingerprint density at radius 3 is 2.63 bits per heavy atom. The van der Waals surface area contributed by atoms with Crippen molar-refractivity contribution in [3.8, 4) is 0 Å². The minimum Gasteiger partial charge on any atom is -0.355 e. The molecule has 146 valence electrons. The van der Waals surface area contributed by atoms with Gasteiger partial charge in [0.2, 0.25) is 15.9 Å². The SMILES string of the molecule is O=C(NCCc1cccs1)C1CCN(S(=O)(=O)c2cc(F)ccc2F)CC1. The highest BCUT2D eigenvalue weighted by atomic mass is 32.2. The van der Waals surface area contributed by atoms with Gasteiger partial charge in [-0.2, -0.15) is 4.31 Å². The summed E-state index contributed by atoms with van der Waals surface area (Å²) in [5.74, 6) is -2.17. The third kappa shape index (κ3) is 4.72. The highest BCUT2D eigenvalue weighted by molar-refractivity contribution is 7.89. The van der Waals surface area contributed by atoms with Gasteiger partial charge in [0.05, 0.1) is 0 Å². The second-order valence-corrected chi connectivity index (χ2v) is 9.31. The van der Waals surface area contributed by atoms with E-state index in [1.807, 2.05) is 17.5 Å². The number of carbonyl (C=O) groups excluding carboxylic acids is 1. The molecule has 0 aliphatic carbocycles. The van der Waals surface area contributed by atoms with Gasteiger partial charge in [0.15, 0.2) is 0 Å². The molecule has 1 fully saturated rings. The Labute approximate surface area is 161 Å². The van der Waals surface area contributed by atoms with E-state index in [1.54, 1.807) is 11.3 Å². The lowest BCUT2D eigenvalue weighted by molar-refractivity contribution is -0.126. The molecule has 1 N–H and O–H groups in total. The number of nitrogens with zero attached hydrogens (tertiary/aromatic N) is 1. The Morgan fingerprint density at radius 2 is 1.96 bits per heavy atom. The third-order valence-electron chi connectivity index (χ3n) is 4.59. The van der Waals surface area contributed by atoms with Gasteiger partial charge >= 0.3 is 0 Å². The first kappa shape index (κ1) is 19.9. The highest BCUT2D eigenvalue weighted by Crippen LogP contribution is 2.26. The lowest BCUT2D eigenvalue weighted by Crippen LogP contribution is -2.43. The number of carbonyl (C=O) groups is 1. The van der Waals surface area contributed by atoms with Crippen LogP contribution in [-0.2, 0) is 21.2 Å². The van der Waals surface area contributed by atoms with Crippen molar-refractivity contribution in [3.63, 3.8) is 0 Å². The molecule has 1 amide bonds. The fourth-order valence-electron chi connectivity index (χ4n) is 3.08. The van der Waals surface area contributed by atoms with Crippen LogP contribution in [0, 0.1) is 17.6 Å². The van der Waals surface area contributed by atoms with Crippen molar-refractivity contribution in [1.29, 1.82) is 0 Å². The summed E-state index contributed by atoms with van der Waals surface area (Å²) in [5, 5.41) is 4.86. The number of thiophene rings is 1. The molecule has 2 heterocycles. The first-order valence-electron chi connectivity index (χ1n) is 8.63. The third-order valence-corrected chi connectivity index (χ3v) is 7.44. The number of hydrogen-bond donors (Lipinski definition) is 1. The topological polar surface area (TPSA) is 66.5 Å². The Kier molecular flexibility index (Phi) is 6.23. The van der Waals surface area contributed by atoms with Crippen LogP contribution in [0.15, 0.2) is 40.6 Å². The second kappa shape index (κ2) is 8.45. The number of hydrogen-bond acceptors (Lipinski definition) is 4. The average Bonchev–Trinajstić information content (AvgIpc) is 3.17. The van der Waals surface area contributed by atoms with Gasteiger partial charge in [-0.3, -0.25) is 4.79 Å². The van der Waals surface area contributed by atoms with E-state index in [1.165, 1.54) is 4.88 Å². The van der Waals surface area contributed by atoms with Crippen LogP contribution in [0.1, 0.15) is 17.7 Å². The van der Waals surface area contributed by atoms with Crippen molar-refractivity contribution in [1.82, 2.24) is 9.62 Å². The molecule has 0 unspecified atom stereocenters. The number of piperidine rings is 1. The first-order valence-corrected chi connectivity index (χ1v) is 10.9. The van der Waals surface area contributed by atoms with Gasteiger partial charge in [-0.05, 0) is 48.9 Å². The van der Waals surface area contributed by atoms with Crippen LogP contribution < -0.4 is 5.32 Å². The maximum absolute atomic E-state index is 13.8. The minimum atomic E-state index is -4.12. The van der Waals surface area contributed by atoms with Gasteiger partial charge in [0, 0.05) is 30.4 Å². The fourth-order valence-corrected chi connectivity index (χ4v) is 5.34. The molecule has 3 rings (SSSR count). The van der Waals surface area contributed by atoms with Crippen molar-refractivity contribution in [2.75, 3.05) is 19.6 Å². The zero-order chi connectivity index (χ0) is 19.4. The Morgan fingerprint density at radius 1 is 1.22 bits per heavy atom. The fraction of sp³-hybridized carbons (Fsp3) is 0.389. The molecule has 1 aromatic heterocycles. The molecule has 1 aliphatic heterocycles. The first-order chi connectivity index (χ1) is 12.9. The van der Waals surface area contributed by atoms with Gasteiger partial charge in [-0.1, -0.05) is 6.07 Å². The van der Waals surface area contributed by atoms with Crippen LogP contribution in [0.2, 0.25) is 0 Å². The molecule has 1 aromatic carbocycles. The predicted octanol–water partition coefficient (Wildman–Crippen LogP) is 2.79. The summed E-state index contributed by atoms with van der Waals surface area (Å²) < 4.78 is 53.4. The van der Waals surface area contributed by atoms with Crippen LogP contribution >= 0.6 is 11.3 Å². The van der Waals surface area contributed by atoms with Crippen LogP contribution in [-0.4, -0.2) is 38.3 Å². The van der Waals surface area contributed by atoms with Crippen molar-refractivity contribution in [2.24, 2.45) is 5.92 Å². The maximum Gasteiger partial charge on any atom is 0.246 e. The van der Waals surface area contributed by atoms with E-state index in [0.29, 0.717) is 25.5 Å². The molecule has 9 heteroatoms. The number of nitrogens with one attached hydrogen (secondary N) is 1. The van der Waals surface area contributed by atoms with Gasteiger partial charge < -0.3 is 5.32 Å². The summed E-state index contributed by atoms with van der Waals surface area (Å²) >= 11 is 1.63. The standard InChI is InChI=1S/C18H20F2N2O3S2/c19-14-3-4-16(20)17(12-14)27(24,25)22-9-6-13(7-10-22)18(23)21-8-5-15-2-1-11-26-15/h1-4,11-13H,5-10H2,(H,21,23). The summed E-state index contributed by atoms with van der Waals surface area (Å²) in [4.78, 5) is 12.8. The van der Waals surface area contributed by atoms with Crippen LogP contribution in [0.25, 0.3) is 0 Å². The molecule has 2 aromatic rings. The molecule has 1 saturated heterocycles. The maximum atomic E-state index is 13.8. The quantitative estimate of drug-likeness (QED) is 0.791. The lowest BCUT2D eigenvalue weighted by Gasteiger charge is -2.30. The van der Waals surface area contributed by atoms with Crippen LogP contribution in [0.3, 0.4) is 0 Å². The van der Waals surface area contributed by atoms with Crippen molar-refractivity contribution in [2.45, 2.75) is 24.2 Å². The molecule has 5 nitrogen and oxygen atoms in total. The largest absolute Gasteiger partial charge is 0.355 e. The van der Waals surface area contributed by atoms with E-state index < -0.39 is 26.6 Å². The summed E-state index contributed by atoms with van der Waals surface area (Å²) in [6.07, 6.45) is 1.46. The zero-order valence-electron chi connectivity index (χ0n) is 14.5. The van der Waals surface area contributed by atoms with Crippen LogP contribution in [0.4, 0.5) is 8.78 Å². The van der Waals surface area contributed by atoms with E-state index in [2.05, 4.69) is 5.32 Å². The van der Waals surface area contributed by atoms with Crippen molar-refractivity contribution >= 4 is 27.3 Å². The summed E-state index contributed by atoms with van der Waals surface area (Å²) in [6.45, 7) is 0.731. The second-order valence-electron chi connectivity index (χ2n) is 6.37. The number of rotatable bonds is 6. The molecule has 0 spiro atoms. The molecular formula is C18H20F2N2O3S2. The monoisotopic (exact) mass is 414 g/mol. The molecule has 0 radical (unpaired) electrons. The Hall–Kier alpha value is -1.84. The van der Waals surface area contributed by atoms with E-state index in [4.69, 9.17) is 0 Å². The van der Waals surface area contributed by atoms with Crippen molar-refractivity contribution in [3.05, 3.63) is 52.2 Å². The molecule has 27 heavy (non-hydrogen) atoms. The smallest absolute Gasteiger partial charge is 0.246 e.